The van der Waals surface area contributed by atoms with Crippen molar-refractivity contribution in [3.05, 3.63) is 41.2 Å². The summed E-state index contributed by atoms with van der Waals surface area (Å²) >= 11 is 6.02. The highest BCUT2D eigenvalue weighted by Gasteiger charge is 2.23. The largest absolute Gasteiger partial charge is 0.368 e. The lowest BCUT2D eigenvalue weighted by atomic mass is 10.0. The Labute approximate surface area is 127 Å². The van der Waals surface area contributed by atoms with Gasteiger partial charge in [-0.25, -0.2) is 4.98 Å². The fraction of sp³-hybridized carbons (Fsp3) is 0.267. The number of halogens is 1. The molecule has 0 spiro atoms. The van der Waals surface area contributed by atoms with Crippen molar-refractivity contribution in [2.24, 2.45) is 11.7 Å². The molecule has 0 radical (unpaired) electrons. The second-order valence-corrected chi connectivity index (χ2v) is 5.46. The number of hydrogen-bond donors (Lipinski definition) is 2. The third-order valence-corrected chi connectivity index (χ3v) is 3.55. The summed E-state index contributed by atoms with van der Waals surface area (Å²) in [6.45, 7) is 3.63. The van der Waals surface area contributed by atoms with E-state index < -0.39 is 17.9 Å². The molecule has 3 N–H and O–H groups in total. The van der Waals surface area contributed by atoms with E-state index in [-0.39, 0.29) is 5.92 Å². The summed E-state index contributed by atoms with van der Waals surface area (Å²) in [5, 5.41) is 4.35. The number of aromatic nitrogens is 1. The van der Waals surface area contributed by atoms with Crippen molar-refractivity contribution in [2.75, 3.05) is 0 Å². The molecule has 0 aliphatic rings. The summed E-state index contributed by atoms with van der Waals surface area (Å²) in [7, 11) is 0. The van der Waals surface area contributed by atoms with Crippen LogP contribution in [0.2, 0.25) is 5.15 Å². The summed E-state index contributed by atoms with van der Waals surface area (Å²) in [6, 6.07) is 6.47. The molecule has 110 valence electrons. The Morgan fingerprint density at radius 2 is 1.86 bits per heavy atom. The maximum absolute atomic E-state index is 12.4. The van der Waals surface area contributed by atoms with Gasteiger partial charge in [0.05, 0.1) is 5.56 Å². The molecule has 2 aromatic rings. The number of carbonyl (C=O) groups excluding carboxylic acids is 2. The highest BCUT2D eigenvalue weighted by Crippen LogP contribution is 2.24. The second-order valence-electron chi connectivity index (χ2n) is 5.11. The van der Waals surface area contributed by atoms with Gasteiger partial charge in [0.1, 0.15) is 11.2 Å². The zero-order valence-electron chi connectivity index (χ0n) is 11.8. The maximum atomic E-state index is 12.4. The van der Waals surface area contributed by atoms with Crippen LogP contribution in [0.25, 0.3) is 10.8 Å². The number of pyridine rings is 1. The van der Waals surface area contributed by atoms with E-state index >= 15 is 0 Å². The summed E-state index contributed by atoms with van der Waals surface area (Å²) < 4.78 is 0. The number of fused-ring (bicyclic) bond motifs is 1. The molecule has 1 aromatic carbocycles. The Hall–Kier alpha value is -2.14. The number of hydrogen-bond acceptors (Lipinski definition) is 3. The van der Waals surface area contributed by atoms with Crippen LogP contribution in [0.5, 0.6) is 0 Å². The molecule has 0 aliphatic heterocycles. The number of nitrogens with zero attached hydrogens (tertiary/aromatic N) is 1. The number of benzene rings is 1. The average Bonchev–Trinajstić information content (AvgIpc) is 2.44. The van der Waals surface area contributed by atoms with Crippen LogP contribution in [0.15, 0.2) is 30.5 Å². The first-order chi connectivity index (χ1) is 9.91. The van der Waals surface area contributed by atoms with Gasteiger partial charge in [0.2, 0.25) is 5.91 Å². The van der Waals surface area contributed by atoms with Gasteiger partial charge in [-0.3, -0.25) is 9.59 Å². The van der Waals surface area contributed by atoms with Crippen LogP contribution in [0.1, 0.15) is 24.2 Å². The molecule has 6 heteroatoms. The lowest BCUT2D eigenvalue weighted by molar-refractivity contribution is -0.120. The van der Waals surface area contributed by atoms with Gasteiger partial charge in [-0.05, 0) is 11.3 Å². The lowest BCUT2D eigenvalue weighted by Gasteiger charge is -2.19. The van der Waals surface area contributed by atoms with Gasteiger partial charge in [0, 0.05) is 11.6 Å². The Morgan fingerprint density at radius 1 is 1.24 bits per heavy atom. The molecule has 1 aromatic heterocycles. The second kappa shape index (κ2) is 6.10. The van der Waals surface area contributed by atoms with E-state index in [9.17, 15) is 9.59 Å². The minimum Gasteiger partial charge on any atom is -0.368 e. The summed E-state index contributed by atoms with van der Waals surface area (Å²) in [5.41, 5.74) is 5.67. The highest BCUT2D eigenvalue weighted by atomic mass is 35.5. The zero-order chi connectivity index (χ0) is 15.6. The lowest BCUT2D eigenvalue weighted by Crippen LogP contribution is -2.47. The Bertz CT molecular complexity index is 700. The van der Waals surface area contributed by atoms with Crippen LogP contribution in [-0.4, -0.2) is 22.8 Å². The van der Waals surface area contributed by atoms with Gasteiger partial charge in [0.15, 0.2) is 0 Å². The van der Waals surface area contributed by atoms with Crippen molar-refractivity contribution in [3.8, 4) is 0 Å². The molecule has 2 amide bonds. The van der Waals surface area contributed by atoms with Crippen molar-refractivity contribution >= 4 is 34.2 Å². The fourth-order valence-corrected chi connectivity index (χ4v) is 2.34. The molecule has 5 nitrogen and oxygen atoms in total. The number of nitrogens with one attached hydrogen (secondary N) is 1. The summed E-state index contributed by atoms with van der Waals surface area (Å²) in [5.74, 6) is -1.06. The smallest absolute Gasteiger partial charge is 0.254 e. The molecular formula is C15H16ClN3O2. The number of carbonyl (C=O) groups is 2. The van der Waals surface area contributed by atoms with Gasteiger partial charge in [-0.15, -0.1) is 0 Å². The van der Waals surface area contributed by atoms with E-state index in [4.69, 9.17) is 17.3 Å². The van der Waals surface area contributed by atoms with E-state index in [0.29, 0.717) is 21.5 Å². The SMILES string of the molecule is CC(C)C(NC(=O)c1cnc(Cl)c2ccccc12)C(N)=O. The van der Waals surface area contributed by atoms with Crippen LogP contribution in [0, 0.1) is 5.92 Å². The minimum atomic E-state index is -0.730. The maximum Gasteiger partial charge on any atom is 0.254 e. The average molecular weight is 306 g/mol. The van der Waals surface area contributed by atoms with E-state index in [1.807, 2.05) is 26.0 Å². The normalized spacial score (nSPS) is 12.4. The van der Waals surface area contributed by atoms with Crippen molar-refractivity contribution in [1.29, 1.82) is 0 Å². The number of nitrogens with two attached hydrogens (primary N) is 1. The molecule has 1 heterocycles. The molecule has 2 rings (SSSR count). The van der Waals surface area contributed by atoms with E-state index in [0.717, 1.165) is 0 Å². The van der Waals surface area contributed by atoms with Gasteiger partial charge in [0.25, 0.3) is 5.91 Å². The van der Waals surface area contributed by atoms with Gasteiger partial charge < -0.3 is 11.1 Å². The number of primary amides is 1. The standard InChI is InChI=1S/C15H16ClN3O2/c1-8(2)12(14(17)20)19-15(21)11-7-18-13(16)10-6-4-3-5-9(10)11/h3-8,12H,1-2H3,(H2,17,20)(H,19,21). The molecule has 1 unspecified atom stereocenters. The third-order valence-electron chi connectivity index (χ3n) is 3.25. The Morgan fingerprint density at radius 3 is 2.43 bits per heavy atom. The van der Waals surface area contributed by atoms with E-state index in [1.165, 1.54) is 6.20 Å². The van der Waals surface area contributed by atoms with Gasteiger partial charge >= 0.3 is 0 Å². The van der Waals surface area contributed by atoms with Crippen molar-refractivity contribution in [1.82, 2.24) is 10.3 Å². The predicted molar refractivity (Wildman–Crippen MR) is 82.0 cm³/mol. The first kappa shape index (κ1) is 15.3. The molecule has 0 saturated carbocycles. The summed E-state index contributed by atoms with van der Waals surface area (Å²) in [4.78, 5) is 27.8. The van der Waals surface area contributed by atoms with Crippen LogP contribution < -0.4 is 11.1 Å². The van der Waals surface area contributed by atoms with E-state index in [2.05, 4.69) is 10.3 Å². The third kappa shape index (κ3) is 3.13. The molecule has 21 heavy (non-hydrogen) atoms. The molecule has 1 atom stereocenters. The fourth-order valence-electron chi connectivity index (χ4n) is 2.12. The first-order valence-electron chi connectivity index (χ1n) is 6.55. The van der Waals surface area contributed by atoms with Gasteiger partial charge in [-0.2, -0.15) is 0 Å². The van der Waals surface area contributed by atoms with Gasteiger partial charge in [-0.1, -0.05) is 49.7 Å². The van der Waals surface area contributed by atoms with Crippen molar-refractivity contribution in [2.45, 2.75) is 19.9 Å². The summed E-state index contributed by atoms with van der Waals surface area (Å²) in [6.07, 6.45) is 1.40. The van der Waals surface area contributed by atoms with Crippen molar-refractivity contribution in [3.63, 3.8) is 0 Å². The molecule has 0 fully saturated rings. The molecule has 0 bridgehead atoms. The minimum absolute atomic E-state index is 0.0991. The first-order valence-corrected chi connectivity index (χ1v) is 6.93. The molecule has 0 saturated heterocycles. The highest BCUT2D eigenvalue weighted by molar-refractivity contribution is 6.34. The van der Waals surface area contributed by atoms with Crippen molar-refractivity contribution < 1.29 is 9.59 Å². The quantitative estimate of drug-likeness (QED) is 0.849. The van der Waals surface area contributed by atoms with Crippen LogP contribution in [0.3, 0.4) is 0 Å². The predicted octanol–water partition coefficient (Wildman–Crippen LogP) is 2.13. The van der Waals surface area contributed by atoms with E-state index in [1.54, 1.807) is 12.1 Å². The Balaban J connectivity index is 2.40. The molecule has 0 aliphatic carbocycles. The molecular weight excluding hydrogens is 290 g/mol. The number of amides is 2. The van der Waals surface area contributed by atoms with Crippen LogP contribution in [-0.2, 0) is 4.79 Å². The monoisotopic (exact) mass is 305 g/mol. The van der Waals surface area contributed by atoms with Crippen LogP contribution >= 0.6 is 11.6 Å². The Kier molecular flexibility index (Phi) is 4.43. The van der Waals surface area contributed by atoms with Crippen LogP contribution in [0.4, 0.5) is 0 Å². The number of rotatable bonds is 4. The topological polar surface area (TPSA) is 85.1 Å². The zero-order valence-corrected chi connectivity index (χ0v) is 12.5.